The fourth-order valence-corrected chi connectivity index (χ4v) is 2.32. The van der Waals surface area contributed by atoms with E-state index in [1.165, 1.54) is 0 Å². The minimum Gasteiger partial charge on any atom is -0.325 e. The lowest BCUT2D eigenvalue weighted by molar-refractivity contribution is -0.123. The first-order valence-corrected chi connectivity index (χ1v) is 7.88. The van der Waals surface area contributed by atoms with Gasteiger partial charge in [0.1, 0.15) is 0 Å². The molecule has 4 nitrogen and oxygen atoms in total. The topological polar surface area (TPSA) is 54.0 Å². The van der Waals surface area contributed by atoms with Crippen LogP contribution in [0.5, 0.6) is 0 Å². The Bertz CT molecular complexity index is 647. The molecule has 2 rings (SSSR count). The van der Waals surface area contributed by atoms with Crippen LogP contribution in [0.3, 0.4) is 0 Å². The van der Waals surface area contributed by atoms with E-state index in [2.05, 4.69) is 27.8 Å². The molecule has 0 spiro atoms. The number of nitrogens with zero attached hydrogens (tertiary/aromatic N) is 1. The van der Waals surface area contributed by atoms with E-state index in [9.17, 15) is 4.79 Å². The lowest BCUT2D eigenvalue weighted by Gasteiger charge is -2.21. The van der Waals surface area contributed by atoms with Crippen LogP contribution in [0.4, 0.5) is 5.69 Å². The predicted molar refractivity (Wildman–Crippen MR) is 94.3 cm³/mol. The molecule has 1 aromatic heterocycles. The second kappa shape index (κ2) is 7.38. The molecule has 2 aromatic rings. The highest BCUT2D eigenvalue weighted by atomic mass is 16.2. The van der Waals surface area contributed by atoms with Crippen molar-refractivity contribution in [1.29, 1.82) is 0 Å². The zero-order valence-corrected chi connectivity index (χ0v) is 14.3. The number of likely N-dealkylation sites (N-methyl/N-ethyl adjacent to an activating group) is 1. The van der Waals surface area contributed by atoms with E-state index in [-0.39, 0.29) is 11.9 Å². The molecule has 0 saturated heterocycles. The first-order valence-electron chi connectivity index (χ1n) is 7.88. The van der Waals surface area contributed by atoms with Gasteiger partial charge in [0, 0.05) is 29.5 Å². The maximum Gasteiger partial charge on any atom is 0.229 e. The Balaban J connectivity index is 2.21. The molecule has 1 aromatic carbocycles. The number of carbonyl (C=O) groups is 1. The van der Waals surface area contributed by atoms with Crippen molar-refractivity contribution in [3.05, 3.63) is 59.9 Å². The summed E-state index contributed by atoms with van der Waals surface area (Å²) in [5.41, 5.74) is 2.69. The minimum absolute atomic E-state index is 0.0207. The quantitative estimate of drug-likeness (QED) is 0.887. The molecule has 0 aliphatic heterocycles. The van der Waals surface area contributed by atoms with E-state index in [0.29, 0.717) is 0 Å². The number of anilines is 1. The van der Waals surface area contributed by atoms with E-state index in [4.69, 9.17) is 0 Å². The molecule has 122 valence electrons. The molecule has 0 saturated carbocycles. The summed E-state index contributed by atoms with van der Waals surface area (Å²) in [5.74, 6) is 0.0207. The Morgan fingerprint density at radius 3 is 2.52 bits per heavy atom. The van der Waals surface area contributed by atoms with Crippen molar-refractivity contribution in [2.75, 3.05) is 12.4 Å². The van der Waals surface area contributed by atoms with Gasteiger partial charge in [0.15, 0.2) is 0 Å². The highest BCUT2D eigenvalue weighted by molar-refractivity contribution is 5.95. The van der Waals surface area contributed by atoms with E-state index >= 15 is 0 Å². The average Bonchev–Trinajstić information content (AvgIpc) is 2.54. The van der Waals surface area contributed by atoms with Gasteiger partial charge in [0.2, 0.25) is 5.91 Å². The third-order valence-corrected chi connectivity index (χ3v) is 3.81. The Kier molecular flexibility index (Phi) is 5.50. The number of aromatic nitrogens is 1. The van der Waals surface area contributed by atoms with Crippen molar-refractivity contribution in [3.8, 4) is 0 Å². The summed E-state index contributed by atoms with van der Waals surface area (Å²) < 4.78 is 0. The number of pyridine rings is 1. The maximum atomic E-state index is 12.3. The highest BCUT2D eigenvalue weighted by Gasteiger charge is 2.22. The van der Waals surface area contributed by atoms with Crippen molar-refractivity contribution in [2.45, 2.75) is 33.2 Å². The molecular weight excluding hydrogens is 286 g/mol. The number of hydrogen-bond donors (Lipinski definition) is 2. The second-order valence-electron chi connectivity index (χ2n) is 6.69. The van der Waals surface area contributed by atoms with Crippen molar-refractivity contribution < 1.29 is 4.79 Å². The van der Waals surface area contributed by atoms with Gasteiger partial charge in [-0.1, -0.05) is 45.0 Å². The molecular formula is C19H25N3O. The zero-order chi connectivity index (χ0) is 16.9. The summed E-state index contributed by atoms with van der Waals surface area (Å²) >= 11 is 0. The first kappa shape index (κ1) is 17.2. The van der Waals surface area contributed by atoms with E-state index in [0.717, 1.165) is 23.2 Å². The average molecular weight is 311 g/mol. The molecule has 1 amide bonds. The fourth-order valence-electron chi connectivity index (χ4n) is 2.32. The van der Waals surface area contributed by atoms with Crippen molar-refractivity contribution >= 4 is 11.6 Å². The summed E-state index contributed by atoms with van der Waals surface area (Å²) in [5, 5.41) is 6.37. The number of para-hydroxylation sites is 1. The van der Waals surface area contributed by atoms with Crippen LogP contribution in [0.1, 0.15) is 37.9 Å². The standard InChI is InChI=1S/C19H25N3O/c1-19(2,3)18(23)22-16-10-6-5-8-14(16)12-17(20-4)15-9-7-11-21-13-15/h5-11,13,17,20H,12H2,1-4H3,(H,22,23). The van der Waals surface area contributed by atoms with Crippen LogP contribution < -0.4 is 10.6 Å². The van der Waals surface area contributed by atoms with E-state index < -0.39 is 5.41 Å². The molecule has 2 N–H and O–H groups in total. The molecule has 0 radical (unpaired) electrons. The van der Waals surface area contributed by atoms with Gasteiger partial charge in [-0.25, -0.2) is 0 Å². The third-order valence-electron chi connectivity index (χ3n) is 3.81. The number of hydrogen-bond acceptors (Lipinski definition) is 3. The molecule has 0 aliphatic rings. The third kappa shape index (κ3) is 4.63. The zero-order valence-electron chi connectivity index (χ0n) is 14.3. The summed E-state index contributed by atoms with van der Waals surface area (Å²) in [7, 11) is 1.94. The largest absolute Gasteiger partial charge is 0.325 e. The Labute approximate surface area is 138 Å². The predicted octanol–water partition coefficient (Wildman–Crippen LogP) is 3.57. The smallest absolute Gasteiger partial charge is 0.229 e. The monoisotopic (exact) mass is 311 g/mol. The number of carbonyl (C=O) groups excluding carboxylic acids is 1. The number of rotatable bonds is 5. The van der Waals surface area contributed by atoms with Crippen LogP contribution in [0, 0.1) is 5.41 Å². The Hall–Kier alpha value is -2.20. The number of benzene rings is 1. The van der Waals surface area contributed by atoms with Gasteiger partial charge in [-0.05, 0) is 36.7 Å². The van der Waals surface area contributed by atoms with Gasteiger partial charge in [-0.2, -0.15) is 0 Å². The van der Waals surface area contributed by atoms with Gasteiger partial charge in [0.25, 0.3) is 0 Å². The van der Waals surface area contributed by atoms with Gasteiger partial charge >= 0.3 is 0 Å². The summed E-state index contributed by atoms with van der Waals surface area (Å²) in [6.45, 7) is 5.74. The minimum atomic E-state index is -0.418. The summed E-state index contributed by atoms with van der Waals surface area (Å²) in [4.78, 5) is 16.5. The van der Waals surface area contributed by atoms with Gasteiger partial charge < -0.3 is 10.6 Å². The van der Waals surface area contributed by atoms with Crippen LogP contribution in [0.2, 0.25) is 0 Å². The molecule has 0 fully saturated rings. The molecule has 1 heterocycles. The van der Waals surface area contributed by atoms with Crippen LogP contribution in [-0.2, 0) is 11.2 Å². The Morgan fingerprint density at radius 1 is 1.17 bits per heavy atom. The van der Waals surface area contributed by atoms with Crippen LogP contribution >= 0.6 is 0 Å². The molecule has 1 atom stereocenters. The van der Waals surface area contributed by atoms with Crippen molar-refractivity contribution in [2.24, 2.45) is 5.41 Å². The molecule has 0 bridgehead atoms. The maximum absolute atomic E-state index is 12.3. The second-order valence-corrected chi connectivity index (χ2v) is 6.69. The lowest BCUT2D eigenvalue weighted by atomic mass is 9.94. The van der Waals surface area contributed by atoms with Gasteiger partial charge in [0.05, 0.1) is 0 Å². The van der Waals surface area contributed by atoms with E-state index in [1.807, 2.05) is 58.3 Å². The molecule has 4 heteroatoms. The van der Waals surface area contributed by atoms with Crippen LogP contribution in [0.15, 0.2) is 48.8 Å². The van der Waals surface area contributed by atoms with Crippen LogP contribution in [-0.4, -0.2) is 17.9 Å². The molecule has 1 unspecified atom stereocenters. The van der Waals surface area contributed by atoms with Crippen molar-refractivity contribution in [3.63, 3.8) is 0 Å². The van der Waals surface area contributed by atoms with Crippen molar-refractivity contribution in [1.82, 2.24) is 10.3 Å². The summed E-state index contributed by atoms with van der Waals surface area (Å²) in [6, 6.07) is 12.1. The summed E-state index contributed by atoms with van der Waals surface area (Å²) in [6.07, 6.45) is 4.42. The SMILES string of the molecule is CNC(Cc1ccccc1NC(=O)C(C)(C)C)c1cccnc1. The molecule has 0 aliphatic carbocycles. The van der Waals surface area contributed by atoms with E-state index in [1.54, 1.807) is 6.20 Å². The van der Waals surface area contributed by atoms with Gasteiger partial charge in [-0.15, -0.1) is 0 Å². The number of amides is 1. The number of nitrogens with one attached hydrogen (secondary N) is 2. The highest BCUT2D eigenvalue weighted by Crippen LogP contribution is 2.25. The normalized spacial score (nSPS) is 12.7. The van der Waals surface area contributed by atoms with Gasteiger partial charge in [-0.3, -0.25) is 9.78 Å². The molecule has 23 heavy (non-hydrogen) atoms. The lowest BCUT2D eigenvalue weighted by Crippen LogP contribution is -2.28. The fraction of sp³-hybridized carbons (Fsp3) is 0.368. The van der Waals surface area contributed by atoms with Crippen LogP contribution in [0.25, 0.3) is 0 Å². The first-order chi connectivity index (χ1) is 10.9. The Morgan fingerprint density at radius 2 is 1.91 bits per heavy atom.